The van der Waals surface area contributed by atoms with Crippen LogP contribution in [-0.2, 0) is 10.0 Å². The van der Waals surface area contributed by atoms with Crippen molar-refractivity contribution in [2.45, 2.75) is 37.6 Å². The lowest BCUT2D eigenvalue weighted by Gasteiger charge is -2.09. The Morgan fingerprint density at radius 3 is 2.80 bits per heavy atom. The molecule has 5 heteroatoms. The number of benzene rings is 1. The lowest BCUT2D eigenvalue weighted by Crippen LogP contribution is -2.27. The number of rotatable bonds is 4. The highest BCUT2D eigenvalue weighted by molar-refractivity contribution is 7.89. The van der Waals surface area contributed by atoms with E-state index < -0.39 is 10.0 Å². The Labute approximate surface area is 120 Å². The summed E-state index contributed by atoms with van der Waals surface area (Å²) >= 11 is 0. The van der Waals surface area contributed by atoms with Gasteiger partial charge >= 0.3 is 0 Å². The molecule has 2 rings (SSSR count). The van der Waals surface area contributed by atoms with Crippen LogP contribution in [0.5, 0.6) is 0 Å². The van der Waals surface area contributed by atoms with Crippen molar-refractivity contribution in [1.82, 2.24) is 4.72 Å². The predicted molar refractivity (Wildman–Crippen MR) is 77.7 cm³/mol. The van der Waals surface area contributed by atoms with Crippen molar-refractivity contribution in [2.24, 2.45) is 5.92 Å². The van der Waals surface area contributed by atoms with Crippen molar-refractivity contribution < 1.29 is 13.5 Å². The van der Waals surface area contributed by atoms with Gasteiger partial charge in [0.1, 0.15) is 6.61 Å². The van der Waals surface area contributed by atoms with Crippen molar-refractivity contribution in [3.05, 3.63) is 29.3 Å². The Hall–Kier alpha value is -1.35. The van der Waals surface area contributed by atoms with Gasteiger partial charge < -0.3 is 5.11 Å². The molecule has 0 aromatic heterocycles. The molecule has 0 saturated heterocycles. The molecule has 20 heavy (non-hydrogen) atoms. The molecule has 2 unspecified atom stereocenters. The zero-order chi connectivity index (χ0) is 14.8. The summed E-state index contributed by atoms with van der Waals surface area (Å²) < 4.78 is 27.5. The first-order valence-electron chi connectivity index (χ1n) is 6.70. The number of sulfonamides is 1. The highest BCUT2D eigenvalue weighted by Crippen LogP contribution is 2.34. The van der Waals surface area contributed by atoms with Gasteiger partial charge in [0.25, 0.3) is 0 Å². The molecule has 0 bridgehead atoms. The van der Waals surface area contributed by atoms with Crippen molar-refractivity contribution in [3.63, 3.8) is 0 Å². The largest absolute Gasteiger partial charge is 0.384 e. The Morgan fingerprint density at radius 1 is 1.45 bits per heavy atom. The van der Waals surface area contributed by atoms with Crippen LogP contribution in [0.15, 0.2) is 23.1 Å². The maximum absolute atomic E-state index is 12.4. The topological polar surface area (TPSA) is 66.4 Å². The van der Waals surface area contributed by atoms with Gasteiger partial charge in [-0.1, -0.05) is 31.3 Å². The van der Waals surface area contributed by atoms with Crippen molar-refractivity contribution in [1.29, 1.82) is 0 Å². The van der Waals surface area contributed by atoms with Crippen LogP contribution < -0.4 is 4.72 Å². The third kappa shape index (κ3) is 3.40. The first-order valence-corrected chi connectivity index (χ1v) is 8.19. The minimum atomic E-state index is -3.55. The van der Waals surface area contributed by atoms with E-state index in [-0.39, 0.29) is 17.5 Å². The smallest absolute Gasteiger partial charge is 0.242 e. The zero-order valence-corrected chi connectivity index (χ0v) is 12.5. The second-order valence-corrected chi connectivity index (χ2v) is 6.77. The summed E-state index contributed by atoms with van der Waals surface area (Å²) in [5, 5.41) is 8.77. The molecule has 108 valence electrons. The van der Waals surface area contributed by atoms with E-state index in [2.05, 4.69) is 23.5 Å². The van der Waals surface area contributed by atoms with Gasteiger partial charge in [0, 0.05) is 11.6 Å². The molecule has 2 N–H and O–H groups in total. The Morgan fingerprint density at radius 2 is 2.20 bits per heavy atom. The van der Waals surface area contributed by atoms with E-state index in [0.717, 1.165) is 18.4 Å². The lowest BCUT2D eigenvalue weighted by molar-refractivity contribution is 0.350. The molecule has 0 radical (unpaired) electrons. The molecule has 0 aliphatic heterocycles. The maximum Gasteiger partial charge on any atom is 0.242 e. The average molecular weight is 293 g/mol. The van der Waals surface area contributed by atoms with Crippen LogP contribution in [0.3, 0.4) is 0 Å². The minimum absolute atomic E-state index is 0.0463. The summed E-state index contributed by atoms with van der Waals surface area (Å²) in [6.45, 7) is 3.65. The van der Waals surface area contributed by atoms with Crippen LogP contribution in [0, 0.1) is 24.7 Å². The van der Waals surface area contributed by atoms with Gasteiger partial charge in [-0.2, -0.15) is 0 Å². The summed E-state index contributed by atoms with van der Waals surface area (Å²) in [6.07, 6.45) is 1.89. The van der Waals surface area contributed by atoms with E-state index >= 15 is 0 Å². The number of aryl methyl sites for hydroxylation is 1. The fraction of sp³-hybridized carbons (Fsp3) is 0.467. The fourth-order valence-electron chi connectivity index (χ4n) is 2.22. The molecule has 1 saturated carbocycles. The molecule has 1 aliphatic rings. The maximum atomic E-state index is 12.4. The number of aliphatic hydroxyl groups excluding tert-OH is 1. The Bertz CT molecular complexity index is 655. The summed E-state index contributed by atoms with van der Waals surface area (Å²) in [7, 11) is -3.55. The molecule has 2 atom stereocenters. The molecule has 0 heterocycles. The highest BCUT2D eigenvalue weighted by Gasteiger charge is 2.39. The van der Waals surface area contributed by atoms with E-state index in [0.29, 0.717) is 11.5 Å². The molecular formula is C15H19NO3S. The fourth-order valence-corrected chi connectivity index (χ4v) is 3.68. The standard InChI is InChI=1S/C15H19NO3S/c1-3-12-10-14(12)16-20(18,19)15-7-6-11(2)9-13(15)5-4-8-17/h6-7,9,12,14,16-17H,3,8,10H2,1-2H3. The van der Waals surface area contributed by atoms with Crippen molar-refractivity contribution in [3.8, 4) is 11.8 Å². The van der Waals surface area contributed by atoms with Crippen molar-refractivity contribution in [2.75, 3.05) is 6.61 Å². The number of hydrogen-bond donors (Lipinski definition) is 2. The molecule has 0 amide bonds. The quantitative estimate of drug-likeness (QED) is 0.825. The number of aliphatic hydroxyl groups is 1. The van der Waals surface area contributed by atoms with Crippen LogP contribution in [0.1, 0.15) is 30.9 Å². The van der Waals surface area contributed by atoms with Crippen LogP contribution >= 0.6 is 0 Å². The number of hydrogen-bond acceptors (Lipinski definition) is 3. The van der Waals surface area contributed by atoms with E-state index in [9.17, 15) is 8.42 Å². The summed E-state index contributed by atoms with van der Waals surface area (Å²) in [5.41, 5.74) is 1.37. The van der Waals surface area contributed by atoms with Gasteiger partial charge in [-0.3, -0.25) is 0 Å². The lowest BCUT2D eigenvalue weighted by atomic mass is 10.1. The average Bonchev–Trinajstić information content (AvgIpc) is 3.13. The summed E-state index contributed by atoms with van der Waals surface area (Å²) in [5.74, 6) is 5.66. The van der Waals surface area contributed by atoms with Gasteiger partial charge in [-0.25, -0.2) is 13.1 Å². The Balaban J connectivity index is 2.31. The Kier molecular flexibility index (Phi) is 4.48. The first kappa shape index (κ1) is 15.0. The van der Waals surface area contributed by atoms with Gasteiger partial charge in [0.05, 0.1) is 4.90 Å². The van der Waals surface area contributed by atoms with E-state index in [4.69, 9.17) is 5.11 Å². The molecule has 0 spiro atoms. The third-order valence-electron chi connectivity index (χ3n) is 3.48. The predicted octanol–water partition coefficient (Wildman–Crippen LogP) is 1.42. The van der Waals surface area contributed by atoms with Crippen LogP contribution in [0.25, 0.3) is 0 Å². The molecule has 1 aliphatic carbocycles. The van der Waals surface area contributed by atoms with Crippen LogP contribution in [0.4, 0.5) is 0 Å². The number of nitrogens with one attached hydrogen (secondary N) is 1. The second kappa shape index (κ2) is 5.96. The third-order valence-corrected chi connectivity index (χ3v) is 5.03. The minimum Gasteiger partial charge on any atom is -0.384 e. The summed E-state index contributed by atoms with van der Waals surface area (Å²) in [6, 6.07) is 5.09. The van der Waals surface area contributed by atoms with E-state index in [1.54, 1.807) is 18.2 Å². The monoisotopic (exact) mass is 293 g/mol. The van der Waals surface area contributed by atoms with E-state index in [1.165, 1.54) is 0 Å². The molecular weight excluding hydrogens is 274 g/mol. The molecule has 1 aromatic carbocycles. The van der Waals surface area contributed by atoms with Gasteiger partial charge in [0.15, 0.2) is 0 Å². The highest BCUT2D eigenvalue weighted by atomic mass is 32.2. The SMILES string of the molecule is CCC1CC1NS(=O)(=O)c1ccc(C)cc1C#CCO. The van der Waals surface area contributed by atoms with E-state index in [1.807, 2.05) is 6.92 Å². The van der Waals surface area contributed by atoms with Crippen LogP contribution in [-0.4, -0.2) is 26.2 Å². The molecule has 1 fully saturated rings. The van der Waals surface area contributed by atoms with Crippen molar-refractivity contribution >= 4 is 10.0 Å². The van der Waals surface area contributed by atoms with Gasteiger partial charge in [-0.15, -0.1) is 0 Å². The molecule has 4 nitrogen and oxygen atoms in total. The summed E-state index contributed by atoms with van der Waals surface area (Å²) in [4.78, 5) is 0.186. The molecule has 1 aromatic rings. The second-order valence-electron chi connectivity index (χ2n) is 5.09. The first-order chi connectivity index (χ1) is 9.47. The van der Waals surface area contributed by atoms with Crippen LogP contribution in [0.2, 0.25) is 0 Å². The zero-order valence-electron chi connectivity index (χ0n) is 11.7. The van der Waals surface area contributed by atoms with Gasteiger partial charge in [-0.05, 0) is 37.0 Å². The van der Waals surface area contributed by atoms with Gasteiger partial charge in [0.2, 0.25) is 10.0 Å². The normalized spacial score (nSPS) is 21.1.